The van der Waals surface area contributed by atoms with Crippen LogP contribution in [0.2, 0.25) is 0 Å². The summed E-state index contributed by atoms with van der Waals surface area (Å²) in [7, 11) is 1.61. The Morgan fingerprint density at radius 2 is 2.38 bits per heavy atom. The van der Waals surface area contributed by atoms with Crippen LogP contribution in [0.4, 0.5) is 0 Å². The van der Waals surface area contributed by atoms with Crippen molar-refractivity contribution in [2.75, 3.05) is 13.7 Å². The number of amides is 1. The molecule has 0 saturated heterocycles. The second-order valence-electron chi connectivity index (χ2n) is 3.14. The van der Waals surface area contributed by atoms with Crippen LogP contribution in [0.1, 0.15) is 5.56 Å². The zero-order chi connectivity index (χ0) is 11.8. The van der Waals surface area contributed by atoms with Gasteiger partial charge in [0.15, 0.2) is 0 Å². The Balaban J connectivity index is 2.61. The van der Waals surface area contributed by atoms with Gasteiger partial charge in [-0.1, -0.05) is 18.2 Å². The minimum absolute atomic E-state index is 0.136. The van der Waals surface area contributed by atoms with E-state index in [0.717, 1.165) is 11.3 Å². The lowest BCUT2D eigenvalue weighted by atomic mass is 10.2. The monoisotopic (exact) mass is 217 g/mol. The van der Waals surface area contributed by atoms with Crippen LogP contribution >= 0.6 is 0 Å². The number of carbonyl (C=O) groups is 1. The molecule has 0 aliphatic heterocycles. The van der Waals surface area contributed by atoms with Gasteiger partial charge in [-0.2, -0.15) is 0 Å². The van der Waals surface area contributed by atoms with Crippen molar-refractivity contribution >= 4 is 12.0 Å². The van der Waals surface area contributed by atoms with Gasteiger partial charge in [0.25, 0.3) is 0 Å². The molecule has 1 rings (SSSR count). The Morgan fingerprint density at radius 3 is 3.06 bits per heavy atom. The van der Waals surface area contributed by atoms with Gasteiger partial charge in [0.2, 0.25) is 5.91 Å². The summed E-state index contributed by atoms with van der Waals surface area (Å²) in [5.74, 6) is 0.636. The third-order valence-electron chi connectivity index (χ3n) is 1.94. The molecule has 84 valence electrons. The van der Waals surface area contributed by atoms with E-state index in [2.05, 4.69) is 11.9 Å². The molecule has 0 atom stereocenters. The summed E-state index contributed by atoms with van der Waals surface area (Å²) in [5.41, 5.74) is 0.924. The zero-order valence-electron chi connectivity index (χ0n) is 9.27. The van der Waals surface area contributed by atoms with Crippen LogP contribution in [0.15, 0.2) is 43.0 Å². The third kappa shape index (κ3) is 4.00. The standard InChI is InChI=1S/C13H15NO2/c1-3-9-14-13(15)8-7-11-5-4-6-12(10-11)16-2/h3-8,10H,1,9H2,2H3,(H,14,15)/b8-7-. The predicted octanol–water partition coefficient (Wildman–Crippen LogP) is 2.01. The number of rotatable bonds is 5. The maximum absolute atomic E-state index is 11.3. The molecule has 0 unspecified atom stereocenters. The van der Waals surface area contributed by atoms with Gasteiger partial charge in [-0.3, -0.25) is 4.79 Å². The average molecular weight is 217 g/mol. The predicted molar refractivity (Wildman–Crippen MR) is 65.2 cm³/mol. The quantitative estimate of drug-likeness (QED) is 0.605. The molecule has 1 N–H and O–H groups in total. The molecule has 1 aromatic rings. The van der Waals surface area contributed by atoms with E-state index in [-0.39, 0.29) is 5.91 Å². The molecule has 0 aliphatic carbocycles. The fourth-order valence-electron chi connectivity index (χ4n) is 1.15. The summed E-state index contributed by atoms with van der Waals surface area (Å²) < 4.78 is 5.08. The molecule has 1 aromatic carbocycles. The van der Waals surface area contributed by atoms with E-state index in [1.165, 1.54) is 6.08 Å². The summed E-state index contributed by atoms with van der Waals surface area (Å²) in [6, 6.07) is 7.49. The second kappa shape index (κ2) is 6.45. The van der Waals surface area contributed by atoms with Crippen LogP contribution < -0.4 is 10.1 Å². The zero-order valence-corrected chi connectivity index (χ0v) is 9.27. The van der Waals surface area contributed by atoms with Gasteiger partial charge in [0, 0.05) is 12.6 Å². The molecule has 0 saturated carbocycles. The van der Waals surface area contributed by atoms with E-state index in [9.17, 15) is 4.79 Å². The molecule has 0 aromatic heterocycles. The molecule has 0 spiro atoms. The first-order chi connectivity index (χ1) is 7.76. The van der Waals surface area contributed by atoms with E-state index in [0.29, 0.717) is 6.54 Å². The molecule has 0 bridgehead atoms. The molecular weight excluding hydrogens is 202 g/mol. The topological polar surface area (TPSA) is 38.3 Å². The van der Waals surface area contributed by atoms with E-state index >= 15 is 0 Å². The van der Waals surface area contributed by atoms with Crippen molar-refractivity contribution in [2.24, 2.45) is 0 Å². The molecular formula is C13H15NO2. The number of ether oxygens (including phenoxy) is 1. The molecule has 16 heavy (non-hydrogen) atoms. The lowest BCUT2D eigenvalue weighted by Gasteiger charge is -2.00. The average Bonchev–Trinajstić information content (AvgIpc) is 2.34. The van der Waals surface area contributed by atoms with E-state index in [4.69, 9.17) is 4.74 Å². The van der Waals surface area contributed by atoms with Crippen LogP contribution in [0.25, 0.3) is 6.08 Å². The SMILES string of the molecule is C=CCNC(=O)/C=C\c1cccc(OC)c1. The fourth-order valence-corrected chi connectivity index (χ4v) is 1.15. The molecule has 3 nitrogen and oxygen atoms in total. The summed E-state index contributed by atoms with van der Waals surface area (Å²) >= 11 is 0. The van der Waals surface area contributed by atoms with Crippen molar-refractivity contribution in [3.63, 3.8) is 0 Å². The smallest absolute Gasteiger partial charge is 0.244 e. The number of nitrogens with one attached hydrogen (secondary N) is 1. The number of hydrogen-bond donors (Lipinski definition) is 1. The Kier molecular flexibility index (Phi) is 4.86. The van der Waals surface area contributed by atoms with Crippen LogP contribution in [0.5, 0.6) is 5.75 Å². The van der Waals surface area contributed by atoms with Crippen LogP contribution in [0, 0.1) is 0 Å². The lowest BCUT2D eigenvalue weighted by Crippen LogP contribution is -2.20. The minimum Gasteiger partial charge on any atom is -0.497 e. The first kappa shape index (κ1) is 12.0. The number of benzene rings is 1. The highest BCUT2D eigenvalue weighted by atomic mass is 16.5. The molecule has 0 heterocycles. The van der Waals surface area contributed by atoms with Crippen molar-refractivity contribution in [1.29, 1.82) is 0 Å². The lowest BCUT2D eigenvalue weighted by molar-refractivity contribution is -0.116. The van der Waals surface area contributed by atoms with Crippen molar-refractivity contribution in [2.45, 2.75) is 0 Å². The molecule has 3 heteroatoms. The number of hydrogen-bond acceptors (Lipinski definition) is 2. The first-order valence-corrected chi connectivity index (χ1v) is 4.97. The summed E-state index contributed by atoms with van der Waals surface area (Å²) in [6.07, 6.45) is 4.86. The van der Waals surface area contributed by atoms with Gasteiger partial charge < -0.3 is 10.1 Å². The summed E-state index contributed by atoms with van der Waals surface area (Å²) in [5, 5.41) is 2.66. The highest BCUT2D eigenvalue weighted by Crippen LogP contribution is 2.13. The Labute approximate surface area is 95.4 Å². The van der Waals surface area contributed by atoms with Crippen LogP contribution in [-0.2, 0) is 4.79 Å². The molecule has 0 aliphatic rings. The molecule has 1 amide bonds. The summed E-state index contributed by atoms with van der Waals surface area (Å²) in [4.78, 5) is 11.3. The van der Waals surface area contributed by atoms with Crippen molar-refractivity contribution < 1.29 is 9.53 Å². The van der Waals surface area contributed by atoms with Crippen LogP contribution in [-0.4, -0.2) is 19.6 Å². The van der Waals surface area contributed by atoms with Crippen molar-refractivity contribution in [3.05, 3.63) is 48.6 Å². The highest BCUT2D eigenvalue weighted by molar-refractivity contribution is 5.91. The first-order valence-electron chi connectivity index (χ1n) is 4.97. The molecule has 0 radical (unpaired) electrons. The Bertz CT molecular complexity index is 397. The van der Waals surface area contributed by atoms with Gasteiger partial charge in [-0.25, -0.2) is 0 Å². The third-order valence-corrected chi connectivity index (χ3v) is 1.94. The number of carbonyl (C=O) groups excluding carboxylic acids is 1. The molecule has 0 fully saturated rings. The largest absolute Gasteiger partial charge is 0.497 e. The summed E-state index contributed by atoms with van der Waals surface area (Å²) in [6.45, 7) is 3.99. The number of methoxy groups -OCH3 is 1. The maximum atomic E-state index is 11.3. The minimum atomic E-state index is -0.136. The second-order valence-corrected chi connectivity index (χ2v) is 3.14. The highest BCUT2D eigenvalue weighted by Gasteiger charge is 1.94. The van der Waals surface area contributed by atoms with Crippen molar-refractivity contribution in [1.82, 2.24) is 5.32 Å². The maximum Gasteiger partial charge on any atom is 0.244 e. The van der Waals surface area contributed by atoms with Gasteiger partial charge in [0.1, 0.15) is 5.75 Å². The van der Waals surface area contributed by atoms with Crippen LogP contribution in [0.3, 0.4) is 0 Å². The van der Waals surface area contributed by atoms with Gasteiger partial charge in [0.05, 0.1) is 7.11 Å². The Morgan fingerprint density at radius 1 is 1.56 bits per heavy atom. The van der Waals surface area contributed by atoms with E-state index in [1.54, 1.807) is 19.3 Å². The van der Waals surface area contributed by atoms with E-state index in [1.807, 2.05) is 24.3 Å². The van der Waals surface area contributed by atoms with Crippen molar-refractivity contribution in [3.8, 4) is 5.75 Å². The Hall–Kier alpha value is -2.03. The fraction of sp³-hybridized carbons (Fsp3) is 0.154. The van der Waals surface area contributed by atoms with E-state index < -0.39 is 0 Å². The van der Waals surface area contributed by atoms with Gasteiger partial charge in [-0.05, 0) is 23.8 Å². The van der Waals surface area contributed by atoms with Gasteiger partial charge in [-0.15, -0.1) is 6.58 Å². The van der Waals surface area contributed by atoms with Gasteiger partial charge >= 0.3 is 0 Å². The normalized spacial score (nSPS) is 10.1.